The highest BCUT2D eigenvalue weighted by molar-refractivity contribution is 5.69. The standard InChI is InChI=1S/C21H30N4O5/c26-15-17-14-18(27)7-11-24(17)10-4-2-1-3-8-22-19-6-5-16(13-20(19)25(28)29)21-23-9-12-30-21/h5-6,9,12-13,17-18,22,26-27H,1-4,7-8,10-11,14-15H2/t17-,18?/m0/s1. The van der Waals surface area contributed by atoms with E-state index < -0.39 is 4.92 Å². The lowest BCUT2D eigenvalue weighted by atomic mass is 9.99. The van der Waals surface area contributed by atoms with E-state index in [2.05, 4.69) is 15.2 Å². The molecule has 1 aliphatic rings. The van der Waals surface area contributed by atoms with Crippen LogP contribution in [0.1, 0.15) is 38.5 Å². The number of aliphatic hydroxyl groups excluding tert-OH is 2. The number of hydrogen-bond donors (Lipinski definition) is 3. The van der Waals surface area contributed by atoms with E-state index in [4.69, 9.17) is 4.42 Å². The third kappa shape index (κ3) is 6.01. The van der Waals surface area contributed by atoms with Gasteiger partial charge in [-0.3, -0.25) is 15.0 Å². The fourth-order valence-electron chi connectivity index (χ4n) is 3.91. The van der Waals surface area contributed by atoms with Crippen molar-refractivity contribution in [3.63, 3.8) is 0 Å². The van der Waals surface area contributed by atoms with E-state index in [1.165, 1.54) is 18.5 Å². The molecule has 1 aromatic heterocycles. The Morgan fingerprint density at radius 1 is 1.30 bits per heavy atom. The number of rotatable bonds is 11. The first kappa shape index (κ1) is 22.2. The van der Waals surface area contributed by atoms with Crippen molar-refractivity contribution in [2.45, 2.75) is 50.7 Å². The minimum Gasteiger partial charge on any atom is -0.445 e. The molecular formula is C21H30N4O5. The van der Waals surface area contributed by atoms with Crippen molar-refractivity contribution in [2.75, 3.05) is 31.6 Å². The van der Waals surface area contributed by atoms with Crippen LogP contribution in [0.5, 0.6) is 0 Å². The number of nitrogens with zero attached hydrogens (tertiary/aromatic N) is 3. The van der Waals surface area contributed by atoms with Gasteiger partial charge in [0.15, 0.2) is 0 Å². The van der Waals surface area contributed by atoms with E-state index in [9.17, 15) is 20.3 Å². The van der Waals surface area contributed by atoms with Gasteiger partial charge in [0.05, 0.1) is 23.8 Å². The molecule has 0 bridgehead atoms. The number of piperidine rings is 1. The molecule has 2 heterocycles. The van der Waals surface area contributed by atoms with Crippen molar-refractivity contribution in [1.82, 2.24) is 9.88 Å². The Kier molecular flexibility index (Phi) is 8.18. The number of aromatic nitrogens is 1. The van der Waals surface area contributed by atoms with Crippen LogP contribution in [0.15, 0.2) is 35.1 Å². The molecule has 1 fully saturated rings. The molecule has 2 atom stereocenters. The Morgan fingerprint density at radius 3 is 2.87 bits per heavy atom. The van der Waals surface area contributed by atoms with E-state index in [-0.39, 0.29) is 24.4 Å². The summed E-state index contributed by atoms with van der Waals surface area (Å²) < 4.78 is 5.21. The van der Waals surface area contributed by atoms with E-state index in [1.807, 2.05) is 0 Å². The molecule has 1 saturated heterocycles. The third-order valence-corrected chi connectivity index (χ3v) is 5.58. The minimum absolute atomic E-state index is 0.00744. The predicted octanol–water partition coefficient (Wildman–Crippen LogP) is 3.04. The monoisotopic (exact) mass is 418 g/mol. The molecule has 3 rings (SSSR count). The molecule has 1 aliphatic heterocycles. The van der Waals surface area contributed by atoms with Gasteiger partial charge in [-0.25, -0.2) is 4.98 Å². The summed E-state index contributed by atoms with van der Waals surface area (Å²) in [6, 6.07) is 4.99. The van der Waals surface area contributed by atoms with Crippen LogP contribution in [0.3, 0.4) is 0 Å². The molecule has 3 N–H and O–H groups in total. The summed E-state index contributed by atoms with van der Waals surface area (Å²) in [4.78, 5) is 17.3. The maximum atomic E-state index is 11.4. The van der Waals surface area contributed by atoms with Gasteiger partial charge in [-0.05, 0) is 44.4 Å². The van der Waals surface area contributed by atoms with E-state index in [0.29, 0.717) is 30.1 Å². The molecular weight excluding hydrogens is 388 g/mol. The van der Waals surface area contributed by atoms with Gasteiger partial charge in [0.1, 0.15) is 12.0 Å². The highest BCUT2D eigenvalue weighted by atomic mass is 16.6. The molecule has 0 aliphatic carbocycles. The maximum absolute atomic E-state index is 11.4. The normalized spacial score (nSPS) is 19.7. The van der Waals surface area contributed by atoms with E-state index >= 15 is 0 Å². The SMILES string of the molecule is O=[N+]([O-])c1cc(-c2ncco2)ccc1NCCCCCCN1CCC(O)C[C@H]1CO. The van der Waals surface area contributed by atoms with Gasteiger partial charge in [0.2, 0.25) is 5.89 Å². The smallest absolute Gasteiger partial charge is 0.293 e. The molecule has 2 aromatic rings. The summed E-state index contributed by atoms with van der Waals surface area (Å²) in [6.45, 7) is 2.52. The number of nitrogens with one attached hydrogen (secondary N) is 1. The number of anilines is 1. The van der Waals surface area contributed by atoms with Crippen molar-refractivity contribution in [3.8, 4) is 11.5 Å². The van der Waals surface area contributed by atoms with E-state index in [0.717, 1.165) is 45.2 Å². The summed E-state index contributed by atoms with van der Waals surface area (Å²) in [5.41, 5.74) is 1.07. The van der Waals surface area contributed by atoms with Crippen molar-refractivity contribution in [2.24, 2.45) is 0 Å². The van der Waals surface area contributed by atoms with Crippen molar-refractivity contribution in [1.29, 1.82) is 0 Å². The zero-order chi connectivity index (χ0) is 21.3. The number of likely N-dealkylation sites (tertiary alicyclic amines) is 1. The number of hydrogen-bond acceptors (Lipinski definition) is 8. The number of aliphatic hydroxyl groups is 2. The minimum atomic E-state index is -0.401. The van der Waals surface area contributed by atoms with Gasteiger partial charge in [-0.2, -0.15) is 0 Å². The number of unbranched alkanes of at least 4 members (excludes halogenated alkanes) is 3. The van der Waals surface area contributed by atoms with Gasteiger partial charge in [-0.15, -0.1) is 0 Å². The second kappa shape index (κ2) is 11.1. The Balaban J connectivity index is 1.39. The van der Waals surface area contributed by atoms with Crippen LogP contribution in [0.2, 0.25) is 0 Å². The molecule has 0 amide bonds. The Labute approximate surface area is 175 Å². The van der Waals surface area contributed by atoms with Gasteiger partial charge < -0.3 is 19.9 Å². The topological polar surface area (TPSA) is 125 Å². The van der Waals surface area contributed by atoms with Gasteiger partial charge >= 0.3 is 0 Å². The quantitative estimate of drug-likeness (QED) is 0.289. The average molecular weight is 418 g/mol. The summed E-state index contributed by atoms with van der Waals surface area (Å²) in [5, 5.41) is 33.8. The molecule has 0 spiro atoms. The average Bonchev–Trinajstić information content (AvgIpc) is 3.28. The van der Waals surface area contributed by atoms with Crippen LogP contribution in [0.25, 0.3) is 11.5 Å². The van der Waals surface area contributed by atoms with Crippen LogP contribution in [-0.2, 0) is 0 Å². The molecule has 9 heteroatoms. The molecule has 1 unspecified atom stereocenters. The van der Waals surface area contributed by atoms with Crippen molar-refractivity contribution >= 4 is 11.4 Å². The largest absolute Gasteiger partial charge is 0.445 e. The van der Waals surface area contributed by atoms with Crippen LogP contribution >= 0.6 is 0 Å². The zero-order valence-electron chi connectivity index (χ0n) is 17.1. The molecule has 9 nitrogen and oxygen atoms in total. The third-order valence-electron chi connectivity index (χ3n) is 5.58. The van der Waals surface area contributed by atoms with Crippen LogP contribution in [0.4, 0.5) is 11.4 Å². The highest BCUT2D eigenvalue weighted by Crippen LogP contribution is 2.30. The fraction of sp³-hybridized carbons (Fsp3) is 0.571. The molecule has 164 valence electrons. The van der Waals surface area contributed by atoms with Crippen LogP contribution in [0, 0.1) is 10.1 Å². The first-order chi connectivity index (χ1) is 14.6. The molecule has 30 heavy (non-hydrogen) atoms. The zero-order valence-corrected chi connectivity index (χ0v) is 17.1. The molecule has 1 aromatic carbocycles. The second-order valence-electron chi connectivity index (χ2n) is 7.72. The van der Waals surface area contributed by atoms with Gasteiger partial charge in [0, 0.05) is 30.8 Å². The Hall–Kier alpha value is -2.49. The van der Waals surface area contributed by atoms with Crippen LogP contribution in [-0.4, -0.2) is 63.4 Å². The Morgan fingerprint density at radius 2 is 2.13 bits per heavy atom. The first-order valence-electron chi connectivity index (χ1n) is 10.5. The Bertz CT molecular complexity index is 799. The second-order valence-corrected chi connectivity index (χ2v) is 7.72. The van der Waals surface area contributed by atoms with E-state index in [1.54, 1.807) is 12.1 Å². The molecule has 0 saturated carbocycles. The van der Waals surface area contributed by atoms with Gasteiger partial charge in [0.25, 0.3) is 5.69 Å². The fourth-order valence-corrected chi connectivity index (χ4v) is 3.91. The number of nitro groups is 1. The van der Waals surface area contributed by atoms with Crippen LogP contribution < -0.4 is 5.32 Å². The lowest BCUT2D eigenvalue weighted by Gasteiger charge is -2.36. The first-order valence-corrected chi connectivity index (χ1v) is 10.5. The van der Waals surface area contributed by atoms with Gasteiger partial charge in [-0.1, -0.05) is 12.8 Å². The summed E-state index contributed by atoms with van der Waals surface area (Å²) in [6.07, 6.45) is 8.11. The maximum Gasteiger partial charge on any atom is 0.293 e. The van der Waals surface area contributed by atoms with Crippen molar-refractivity contribution < 1.29 is 19.6 Å². The number of benzene rings is 1. The number of nitro benzene ring substituents is 1. The summed E-state index contributed by atoms with van der Waals surface area (Å²) >= 11 is 0. The molecule has 0 radical (unpaired) electrons. The summed E-state index contributed by atoms with van der Waals surface area (Å²) in [5.74, 6) is 0.358. The predicted molar refractivity (Wildman–Crippen MR) is 113 cm³/mol. The summed E-state index contributed by atoms with van der Waals surface area (Å²) in [7, 11) is 0. The lowest BCUT2D eigenvalue weighted by molar-refractivity contribution is -0.383. The number of oxazole rings is 1. The lowest BCUT2D eigenvalue weighted by Crippen LogP contribution is -2.46. The highest BCUT2D eigenvalue weighted by Gasteiger charge is 2.26. The van der Waals surface area contributed by atoms with Crippen molar-refractivity contribution in [3.05, 3.63) is 40.8 Å².